The Balaban J connectivity index is 1.35. The van der Waals surface area contributed by atoms with Crippen LogP contribution in [0, 0.1) is 5.82 Å². The van der Waals surface area contributed by atoms with Crippen LogP contribution in [-0.4, -0.2) is 23.5 Å². The van der Waals surface area contributed by atoms with Crippen molar-refractivity contribution in [2.24, 2.45) is 5.10 Å². The number of aromatic nitrogens is 1. The van der Waals surface area contributed by atoms with Gasteiger partial charge in [-0.15, -0.1) is 0 Å². The van der Waals surface area contributed by atoms with Gasteiger partial charge in [0.15, 0.2) is 11.5 Å². The number of carbonyl (C=O) groups excluding carboxylic acids is 1. The Hall–Kier alpha value is -4.13. The molecule has 0 saturated heterocycles. The van der Waals surface area contributed by atoms with Crippen molar-refractivity contribution in [2.75, 3.05) is 6.79 Å². The van der Waals surface area contributed by atoms with Crippen LogP contribution < -0.4 is 14.9 Å². The molecular formula is C24H18FN3O3. The number of fused-ring (bicyclic) bond motifs is 2. The molecule has 0 spiro atoms. The molecule has 0 saturated carbocycles. The number of halogens is 1. The molecule has 0 radical (unpaired) electrons. The molecular weight excluding hydrogens is 397 g/mol. The fourth-order valence-electron chi connectivity index (χ4n) is 3.56. The standard InChI is InChI=1S/C24H18FN3O3/c25-19-8-5-16(6-9-19)13-28-14-18(20-3-1-2-4-21(20)28)12-26-27-24(29)17-7-10-22-23(11-17)31-15-30-22/h1-12,14H,13,15H2,(H,27,29)/b26-12+. The first-order valence-electron chi connectivity index (χ1n) is 9.73. The van der Waals surface area contributed by atoms with Gasteiger partial charge in [0.25, 0.3) is 5.91 Å². The van der Waals surface area contributed by atoms with E-state index in [1.54, 1.807) is 36.5 Å². The van der Waals surface area contributed by atoms with Gasteiger partial charge in [-0.3, -0.25) is 4.79 Å². The smallest absolute Gasteiger partial charge is 0.271 e. The Morgan fingerprint density at radius 3 is 2.74 bits per heavy atom. The second kappa shape index (κ2) is 7.95. The highest BCUT2D eigenvalue weighted by atomic mass is 19.1. The Bertz CT molecular complexity index is 1300. The van der Waals surface area contributed by atoms with E-state index in [9.17, 15) is 9.18 Å². The molecule has 0 aliphatic carbocycles. The van der Waals surface area contributed by atoms with E-state index in [-0.39, 0.29) is 18.5 Å². The summed E-state index contributed by atoms with van der Waals surface area (Å²) in [5.74, 6) is 0.561. The summed E-state index contributed by atoms with van der Waals surface area (Å²) in [4.78, 5) is 12.4. The van der Waals surface area contributed by atoms with Crippen LogP contribution in [0.15, 0.2) is 78.0 Å². The predicted molar refractivity (Wildman–Crippen MR) is 115 cm³/mol. The molecule has 0 bridgehead atoms. The van der Waals surface area contributed by atoms with Crippen LogP contribution in [0.1, 0.15) is 21.5 Å². The van der Waals surface area contributed by atoms with Gasteiger partial charge in [0.05, 0.1) is 6.21 Å². The molecule has 31 heavy (non-hydrogen) atoms. The predicted octanol–water partition coefficient (Wildman–Crippen LogP) is 4.32. The van der Waals surface area contributed by atoms with Gasteiger partial charge in [-0.25, -0.2) is 9.82 Å². The van der Waals surface area contributed by atoms with Crippen molar-refractivity contribution >= 4 is 23.0 Å². The molecule has 7 heteroatoms. The van der Waals surface area contributed by atoms with Crippen molar-refractivity contribution in [1.82, 2.24) is 9.99 Å². The molecule has 0 fully saturated rings. The van der Waals surface area contributed by atoms with Gasteiger partial charge in [0.1, 0.15) is 5.82 Å². The van der Waals surface area contributed by atoms with Crippen molar-refractivity contribution in [3.63, 3.8) is 0 Å². The molecule has 3 aromatic carbocycles. The number of nitrogens with zero attached hydrogens (tertiary/aromatic N) is 2. The molecule has 1 N–H and O–H groups in total. The number of hydrogen-bond donors (Lipinski definition) is 1. The third-order valence-corrected chi connectivity index (χ3v) is 5.09. The summed E-state index contributed by atoms with van der Waals surface area (Å²) in [7, 11) is 0. The van der Waals surface area contributed by atoms with Gasteiger partial charge < -0.3 is 14.0 Å². The summed E-state index contributed by atoms with van der Waals surface area (Å²) < 4.78 is 25.8. The SMILES string of the molecule is O=C(N/N=C/c1cn(Cc2ccc(F)cc2)c2ccccc12)c1ccc2c(c1)OCO2. The molecule has 1 amide bonds. The van der Waals surface area contributed by atoms with Crippen LogP contribution in [-0.2, 0) is 6.54 Å². The first kappa shape index (κ1) is 18.9. The Morgan fingerprint density at radius 1 is 1.06 bits per heavy atom. The van der Waals surface area contributed by atoms with E-state index < -0.39 is 0 Å². The summed E-state index contributed by atoms with van der Waals surface area (Å²) in [6, 6.07) is 19.4. The zero-order valence-corrected chi connectivity index (χ0v) is 16.4. The number of para-hydroxylation sites is 1. The second-order valence-corrected chi connectivity index (χ2v) is 7.12. The Labute approximate surface area is 177 Å². The van der Waals surface area contributed by atoms with E-state index in [4.69, 9.17) is 9.47 Å². The van der Waals surface area contributed by atoms with E-state index >= 15 is 0 Å². The van der Waals surface area contributed by atoms with Gasteiger partial charge in [-0.05, 0) is 42.0 Å². The number of hydrogen-bond acceptors (Lipinski definition) is 4. The van der Waals surface area contributed by atoms with Gasteiger partial charge in [0, 0.05) is 34.8 Å². The summed E-state index contributed by atoms with van der Waals surface area (Å²) in [6.07, 6.45) is 3.58. The third kappa shape index (κ3) is 3.85. The van der Waals surface area contributed by atoms with Crippen molar-refractivity contribution in [3.8, 4) is 11.5 Å². The highest BCUT2D eigenvalue weighted by molar-refractivity contribution is 6.00. The van der Waals surface area contributed by atoms with Gasteiger partial charge in [-0.2, -0.15) is 5.10 Å². The summed E-state index contributed by atoms with van der Waals surface area (Å²) >= 11 is 0. The fraction of sp³-hybridized carbons (Fsp3) is 0.0833. The van der Waals surface area contributed by atoms with Crippen molar-refractivity contribution in [1.29, 1.82) is 0 Å². The van der Waals surface area contributed by atoms with E-state index in [1.807, 2.05) is 30.5 Å². The fourth-order valence-corrected chi connectivity index (χ4v) is 3.56. The number of hydrazone groups is 1. The molecule has 4 aromatic rings. The van der Waals surface area contributed by atoms with E-state index in [0.717, 1.165) is 22.0 Å². The summed E-state index contributed by atoms with van der Waals surface area (Å²) in [5, 5.41) is 5.14. The van der Waals surface area contributed by atoms with Crippen molar-refractivity contribution in [2.45, 2.75) is 6.54 Å². The number of carbonyl (C=O) groups is 1. The Morgan fingerprint density at radius 2 is 1.87 bits per heavy atom. The normalized spacial score (nSPS) is 12.5. The molecule has 1 aliphatic rings. The first-order valence-corrected chi connectivity index (χ1v) is 9.73. The molecule has 1 aliphatic heterocycles. The topological polar surface area (TPSA) is 64.9 Å². The highest BCUT2D eigenvalue weighted by Crippen LogP contribution is 2.32. The lowest BCUT2D eigenvalue weighted by atomic mass is 10.2. The second-order valence-electron chi connectivity index (χ2n) is 7.12. The average molecular weight is 415 g/mol. The zero-order chi connectivity index (χ0) is 21.2. The van der Waals surface area contributed by atoms with Crippen LogP contribution in [0.3, 0.4) is 0 Å². The number of benzene rings is 3. The lowest BCUT2D eigenvalue weighted by molar-refractivity contribution is 0.0954. The number of rotatable bonds is 5. The van der Waals surface area contributed by atoms with Crippen LogP contribution in [0.25, 0.3) is 10.9 Å². The molecule has 0 atom stereocenters. The minimum atomic E-state index is -0.343. The monoisotopic (exact) mass is 415 g/mol. The molecule has 1 aromatic heterocycles. The maximum absolute atomic E-state index is 13.2. The zero-order valence-electron chi connectivity index (χ0n) is 16.4. The molecule has 2 heterocycles. The largest absolute Gasteiger partial charge is 0.454 e. The quantitative estimate of drug-likeness (QED) is 0.390. The van der Waals surface area contributed by atoms with Gasteiger partial charge in [-0.1, -0.05) is 30.3 Å². The lowest BCUT2D eigenvalue weighted by Crippen LogP contribution is -2.17. The van der Waals surface area contributed by atoms with Crippen molar-refractivity contribution in [3.05, 3.63) is 95.4 Å². The molecule has 154 valence electrons. The number of ether oxygens (including phenoxy) is 2. The van der Waals surface area contributed by atoms with Crippen LogP contribution >= 0.6 is 0 Å². The minimum absolute atomic E-state index is 0.153. The van der Waals surface area contributed by atoms with Crippen molar-refractivity contribution < 1.29 is 18.7 Å². The highest BCUT2D eigenvalue weighted by Gasteiger charge is 2.16. The lowest BCUT2D eigenvalue weighted by Gasteiger charge is -2.05. The maximum Gasteiger partial charge on any atom is 0.271 e. The number of nitrogens with one attached hydrogen (secondary N) is 1. The maximum atomic E-state index is 13.2. The number of amides is 1. The third-order valence-electron chi connectivity index (χ3n) is 5.09. The molecule has 5 rings (SSSR count). The molecule has 0 unspecified atom stereocenters. The Kier molecular flexibility index (Phi) is 4.84. The van der Waals surface area contributed by atoms with Crippen LogP contribution in [0.5, 0.6) is 11.5 Å². The van der Waals surface area contributed by atoms with E-state index in [0.29, 0.717) is 23.6 Å². The van der Waals surface area contributed by atoms with Gasteiger partial charge in [0.2, 0.25) is 6.79 Å². The minimum Gasteiger partial charge on any atom is -0.454 e. The average Bonchev–Trinajstić information content (AvgIpc) is 3.40. The first-order chi connectivity index (χ1) is 15.2. The summed E-state index contributed by atoms with van der Waals surface area (Å²) in [5.41, 5.74) is 5.86. The molecule has 6 nitrogen and oxygen atoms in total. The summed E-state index contributed by atoms with van der Waals surface area (Å²) in [6.45, 7) is 0.749. The van der Waals surface area contributed by atoms with Crippen LogP contribution in [0.4, 0.5) is 4.39 Å². The van der Waals surface area contributed by atoms with E-state index in [2.05, 4.69) is 15.1 Å². The van der Waals surface area contributed by atoms with Crippen LogP contribution in [0.2, 0.25) is 0 Å². The van der Waals surface area contributed by atoms with Gasteiger partial charge >= 0.3 is 0 Å². The van der Waals surface area contributed by atoms with E-state index in [1.165, 1.54) is 12.1 Å².